The van der Waals surface area contributed by atoms with E-state index in [-0.39, 0.29) is 101 Å². The largest absolute Gasteiger partial charge is 0.366 e. The van der Waals surface area contributed by atoms with Crippen LogP contribution in [0.1, 0.15) is 276 Å². The quantitative estimate of drug-likeness (QED) is 0.0746. The summed E-state index contributed by atoms with van der Waals surface area (Å²) in [6.07, 6.45) is 11.4. The average molecular weight is 1780 g/mol. The molecular weight excluding hydrogens is 1660 g/mol. The number of rotatable bonds is 6. The van der Waals surface area contributed by atoms with E-state index in [2.05, 4.69) is 116 Å². The highest BCUT2D eigenvalue weighted by molar-refractivity contribution is 7.90. The van der Waals surface area contributed by atoms with E-state index >= 15 is 0 Å². The standard InChI is InChI=1S/3C30H37N7O4S/c3*1-29(2,3)23-12-10-20-27(34-23)37-17-18(16-30(37,4)5)9-11-21(22-15-19(26(31)38)13-14-32-22)33-24-7-6-8-25(35-24)42(40,41)36-28(20)39/h3*6-8,10,12-15,18,21H,9,11,16-17H2,1-5H3,(H2,31,38)(H,33,35)(H,36,39)/t3*18-,21?/m000/s1. The SMILES string of the molecule is CC(C)(C)c1ccc2c(n1)N1C[C@@H](CCC(c3cc(C(N)=O)ccn3)Nc3cccc(n3)S(=O)(=O)NC2=O)CC1(C)C.CC(C)(C)c1ccc2c(n1)N1C[C@@H](CCC(c3cc(C(N)=O)ccn3)Nc3cccc(n3)S(=O)(=O)NC2=O)CC1(C)C.CC(C)(C)c1ccc2c(n1)N1C[C@@H](CCC(c3cc(C(N)=O)ccn3)Nc3cccc(n3)S(=O)(=O)NC2=O)CC1(C)C. The van der Waals surface area contributed by atoms with Crippen molar-refractivity contribution in [3.8, 4) is 0 Å². The molecule has 666 valence electrons. The number of fused-ring (bicyclic) bond motifs is 18. The number of nitrogens with two attached hydrogens (primary N) is 3. The summed E-state index contributed by atoms with van der Waals surface area (Å²) in [6.45, 7) is 33.0. The number of hydrogen-bond donors (Lipinski definition) is 9. The molecule has 3 saturated heterocycles. The zero-order valence-electron chi connectivity index (χ0n) is 73.5. The Morgan fingerprint density at radius 1 is 0.365 bits per heavy atom. The minimum absolute atomic E-state index is 0.190. The van der Waals surface area contributed by atoms with Crippen LogP contribution in [0.5, 0.6) is 0 Å². The lowest BCUT2D eigenvalue weighted by Gasteiger charge is -2.34. The van der Waals surface area contributed by atoms with Gasteiger partial charge in [0.05, 0.1) is 51.9 Å². The zero-order valence-corrected chi connectivity index (χ0v) is 76.0. The van der Waals surface area contributed by atoms with E-state index in [0.29, 0.717) is 108 Å². The van der Waals surface area contributed by atoms with Gasteiger partial charge < -0.3 is 47.9 Å². The van der Waals surface area contributed by atoms with Crippen molar-refractivity contribution in [3.05, 3.63) is 214 Å². The first kappa shape index (κ1) is 91.5. The van der Waals surface area contributed by atoms with Gasteiger partial charge in [-0.2, -0.15) is 25.3 Å². The van der Waals surface area contributed by atoms with Crippen molar-refractivity contribution in [3.63, 3.8) is 0 Å². The number of anilines is 6. The Kier molecular flexibility index (Phi) is 25.4. The summed E-state index contributed by atoms with van der Waals surface area (Å²) in [5.41, 5.74) is 20.4. The van der Waals surface area contributed by atoms with Gasteiger partial charge in [-0.1, -0.05) is 80.5 Å². The third-order valence-electron chi connectivity index (χ3n) is 23.8. The fourth-order valence-electron chi connectivity index (χ4n) is 17.2. The number of aromatic nitrogens is 9. The van der Waals surface area contributed by atoms with Gasteiger partial charge in [0.25, 0.3) is 47.8 Å². The van der Waals surface area contributed by atoms with E-state index in [1.165, 1.54) is 36.8 Å². The number of sulfonamides is 3. The third kappa shape index (κ3) is 20.7. The summed E-state index contributed by atoms with van der Waals surface area (Å²) < 4.78 is 87.0. The molecule has 9 aromatic heterocycles. The Balaban J connectivity index is 0.000000162. The zero-order chi connectivity index (χ0) is 91.3. The molecule has 15 heterocycles. The molecule has 36 heteroatoms. The van der Waals surface area contributed by atoms with E-state index in [1.54, 1.807) is 109 Å². The second-order valence-corrected chi connectivity index (χ2v) is 43.0. The lowest BCUT2D eigenvalue weighted by Crippen LogP contribution is -2.41. The van der Waals surface area contributed by atoms with Crippen LogP contribution in [0.25, 0.3) is 0 Å². The van der Waals surface area contributed by atoms with Gasteiger partial charge in [0, 0.05) is 105 Å². The molecule has 12 N–H and O–H groups in total. The van der Waals surface area contributed by atoms with Gasteiger partial charge in [-0.05, 0) is 226 Å². The number of hydrogen-bond acceptors (Lipinski definition) is 27. The monoisotopic (exact) mass is 1770 g/mol. The van der Waals surface area contributed by atoms with Crippen LogP contribution in [0.3, 0.4) is 0 Å². The smallest absolute Gasteiger partial charge is 0.281 e. The van der Waals surface area contributed by atoms with Crippen molar-refractivity contribution in [1.82, 2.24) is 59.0 Å². The third-order valence-corrected chi connectivity index (χ3v) is 27.5. The number of nitrogens with one attached hydrogen (secondary N) is 6. The molecule has 6 aliphatic heterocycles. The van der Waals surface area contributed by atoms with Crippen LogP contribution >= 0.6 is 0 Å². The minimum Gasteiger partial charge on any atom is -0.366 e. The molecule has 6 aliphatic rings. The van der Waals surface area contributed by atoms with Crippen LogP contribution < -0.4 is 62.0 Å². The molecule has 126 heavy (non-hydrogen) atoms. The minimum atomic E-state index is -4.33. The highest BCUT2D eigenvalue weighted by atomic mass is 32.2. The topological polar surface area (TPSA) is 481 Å². The van der Waals surface area contributed by atoms with Gasteiger partial charge in [-0.15, -0.1) is 0 Å². The number of pyridine rings is 9. The Hall–Kier alpha value is -12.2. The summed E-state index contributed by atoms with van der Waals surface area (Å²) in [7, 11) is -13.0. The van der Waals surface area contributed by atoms with Crippen LogP contribution in [-0.2, 0) is 46.3 Å². The Bertz CT molecular complexity index is 5530. The average Bonchev–Trinajstić information content (AvgIpc) is 1.63. The summed E-state index contributed by atoms with van der Waals surface area (Å²) in [4.78, 5) is 124. The molecule has 33 nitrogen and oxygen atoms in total. The fourth-order valence-corrected chi connectivity index (χ4v) is 20.0. The van der Waals surface area contributed by atoms with Gasteiger partial charge in [-0.25, -0.2) is 44.1 Å². The van der Waals surface area contributed by atoms with E-state index in [4.69, 9.17) is 32.2 Å². The molecule has 6 amide bonds. The van der Waals surface area contributed by atoms with Crippen LogP contribution in [0.15, 0.2) is 161 Å². The van der Waals surface area contributed by atoms with Gasteiger partial charge in [0.2, 0.25) is 17.7 Å². The van der Waals surface area contributed by atoms with E-state index in [1.807, 2.05) is 62.3 Å². The number of primary amides is 3. The van der Waals surface area contributed by atoms with Crippen LogP contribution in [0, 0.1) is 17.8 Å². The first-order valence-electron chi connectivity index (χ1n) is 42.0. The van der Waals surface area contributed by atoms with Gasteiger partial charge in [0.15, 0.2) is 15.1 Å². The van der Waals surface area contributed by atoms with E-state index in [0.717, 1.165) is 55.6 Å². The number of carbonyl (C=O) groups is 6. The molecule has 0 spiro atoms. The van der Waals surface area contributed by atoms with E-state index < -0.39 is 65.5 Å². The second kappa shape index (κ2) is 35.0. The molecule has 9 aromatic rings. The maximum atomic E-state index is 13.6. The van der Waals surface area contributed by atoms with Crippen molar-refractivity contribution < 1.29 is 54.0 Å². The van der Waals surface area contributed by atoms with Crippen LogP contribution in [0.4, 0.5) is 34.9 Å². The maximum absolute atomic E-state index is 13.6. The van der Waals surface area contributed by atoms with Crippen molar-refractivity contribution in [1.29, 1.82) is 0 Å². The van der Waals surface area contributed by atoms with Gasteiger partial charge >= 0.3 is 0 Å². The second-order valence-electron chi connectivity index (χ2n) is 38.1. The molecular formula is C90H111N21O12S3. The summed E-state index contributed by atoms with van der Waals surface area (Å²) in [6, 6.07) is 32.4. The van der Waals surface area contributed by atoms with Crippen molar-refractivity contribution >= 4 is 100 Å². The molecule has 0 radical (unpaired) electrons. The van der Waals surface area contributed by atoms with Gasteiger partial charge in [0.1, 0.15) is 34.9 Å². The Morgan fingerprint density at radius 3 is 0.857 bits per heavy atom. The van der Waals surface area contributed by atoms with Crippen LogP contribution in [0.2, 0.25) is 0 Å². The molecule has 0 aromatic carbocycles. The van der Waals surface area contributed by atoms with Crippen molar-refractivity contribution in [2.75, 3.05) is 50.3 Å². The summed E-state index contributed by atoms with van der Waals surface area (Å²) in [5, 5.41) is 9.01. The maximum Gasteiger partial charge on any atom is 0.281 e. The predicted octanol–water partition coefficient (Wildman–Crippen LogP) is 11.8. The van der Waals surface area contributed by atoms with Gasteiger partial charge in [-0.3, -0.25) is 43.7 Å². The first-order valence-corrected chi connectivity index (χ1v) is 46.4. The van der Waals surface area contributed by atoms with Crippen molar-refractivity contribution in [2.24, 2.45) is 35.0 Å². The van der Waals surface area contributed by atoms with E-state index in [9.17, 15) is 54.0 Å². The molecule has 15 rings (SSSR count). The normalized spacial score (nSPS) is 21.7. The Labute approximate surface area is 735 Å². The first-order chi connectivity index (χ1) is 58.9. The fraction of sp³-hybridized carbons (Fsp3) is 0.433. The molecule has 3 unspecified atom stereocenters. The summed E-state index contributed by atoms with van der Waals surface area (Å²) >= 11 is 0. The number of amides is 6. The number of carbonyl (C=O) groups excluding carboxylic acids is 6. The summed E-state index contributed by atoms with van der Waals surface area (Å²) in [5.74, 6) is -0.990. The molecule has 12 bridgehead atoms. The van der Waals surface area contributed by atoms with Crippen molar-refractivity contribution in [2.45, 2.75) is 228 Å². The lowest BCUT2D eigenvalue weighted by atomic mass is 9.90. The molecule has 6 atom stereocenters. The molecule has 0 saturated carbocycles. The molecule has 0 aliphatic carbocycles. The predicted molar refractivity (Wildman–Crippen MR) is 479 cm³/mol. The number of nitrogens with zero attached hydrogens (tertiary/aromatic N) is 12. The lowest BCUT2D eigenvalue weighted by molar-refractivity contribution is 0.0972. The highest BCUT2D eigenvalue weighted by Crippen LogP contribution is 2.46. The molecule has 3 fully saturated rings. The highest BCUT2D eigenvalue weighted by Gasteiger charge is 2.46. The Morgan fingerprint density at radius 2 is 0.619 bits per heavy atom. The van der Waals surface area contributed by atoms with Crippen LogP contribution in [-0.4, -0.2) is 142 Å².